The topological polar surface area (TPSA) is 49.4 Å². The number of carbonyl (C=O) groups excluding carboxylic acids is 2. The Morgan fingerprint density at radius 2 is 1.95 bits per heavy atom. The lowest BCUT2D eigenvalue weighted by Crippen LogP contribution is -2.64. The zero-order valence-electron chi connectivity index (χ0n) is 13.0. The van der Waals surface area contributed by atoms with E-state index >= 15 is 0 Å². The molecule has 0 aromatic rings. The molecule has 1 saturated heterocycles. The van der Waals surface area contributed by atoms with Crippen molar-refractivity contribution in [1.29, 1.82) is 0 Å². The van der Waals surface area contributed by atoms with Crippen molar-refractivity contribution < 1.29 is 9.59 Å². The molecule has 1 N–H and O–H groups in total. The van der Waals surface area contributed by atoms with Crippen LogP contribution < -0.4 is 5.32 Å². The lowest BCUT2D eigenvalue weighted by Gasteiger charge is -2.40. The van der Waals surface area contributed by atoms with Gasteiger partial charge in [-0.3, -0.25) is 9.59 Å². The van der Waals surface area contributed by atoms with Gasteiger partial charge in [-0.1, -0.05) is 33.6 Å². The number of hydrogen-bond donors (Lipinski definition) is 1. The molecule has 20 heavy (non-hydrogen) atoms. The van der Waals surface area contributed by atoms with Gasteiger partial charge in [0.15, 0.2) is 0 Å². The van der Waals surface area contributed by atoms with Crippen molar-refractivity contribution in [2.45, 2.75) is 71.4 Å². The largest absolute Gasteiger partial charge is 0.342 e. The van der Waals surface area contributed by atoms with Gasteiger partial charge in [-0.05, 0) is 37.5 Å². The van der Waals surface area contributed by atoms with Gasteiger partial charge in [-0.15, -0.1) is 0 Å². The minimum absolute atomic E-state index is 0.0618. The first kappa shape index (κ1) is 15.3. The second-order valence-corrected chi connectivity index (χ2v) is 6.71. The van der Waals surface area contributed by atoms with E-state index in [-0.39, 0.29) is 23.9 Å². The fraction of sp³-hybridized carbons (Fsp3) is 0.875. The molecule has 1 saturated carbocycles. The van der Waals surface area contributed by atoms with Crippen LogP contribution in [0.1, 0.15) is 59.3 Å². The van der Waals surface area contributed by atoms with E-state index in [1.807, 2.05) is 4.90 Å². The van der Waals surface area contributed by atoms with Crippen molar-refractivity contribution in [1.82, 2.24) is 10.2 Å². The summed E-state index contributed by atoms with van der Waals surface area (Å²) in [6, 6.07) is -0.498. The predicted molar refractivity (Wildman–Crippen MR) is 79.1 cm³/mol. The van der Waals surface area contributed by atoms with Gasteiger partial charge < -0.3 is 10.2 Å². The third-order valence-corrected chi connectivity index (χ3v) is 4.32. The number of carbonyl (C=O) groups is 2. The van der Waals surface area contributed by atoms with Crippen LogP contribution in [0, 0.1) is 11.8 Å². The molecular weight excluding hydrogens is 252 g/mol. The average Bonchev–Trinajstić information content (AvgIpc) is 3.21. The van der Waals surface area contributed by atoms with Crippen molar-refractivity contribution >= 4 is 11.8 Å². The number of nitrogens with zero attached hydrogens (tertiary/aromatic N) is 1. The molecule has 1 aliphatic carbocycles. The molecule has 0 spiro atoms. The van der Waals surface area contributed by atoms with Gasteiger partial charge in [0, 0.05) is 6.54 Å². The summed E-state index contributed by atoms with van der Waals surface area (Å²) < 4.78 is 0. The van der Waals surface area contributed by atoms with Gasteiger partial charge in [0.05, 0.1) is 0 Å². The van der Waals surface area contributed by atoms with E-state index in [0.717, 1.165) is 45.1 Å². The first-order valence-corrected chi connectivity index (χ1v) is 8.15. The standard InChI is InChI=1S/C16H28N2O2/c1-4-5-6-9-18-13(10-11(2)3)15(19)17-14(16(18)20)12-7-8-12/h11-14H,4-10H2,1-3H3,(H,17,19). The van der Waals surface area contributed by atoms with E-state index in [2.05, 4.69) is 26.1 Å². The monoisotopic (exact) mass is 280 g/mol. The second-order valence-electron chi connectivity index (χ2n) is 6.71. The molecule has 1 aliphatic heterocycles. The van der Waals surface area contributed by atoms with Gasteiger partial charge in [0.25, 0.3) is 0 Å². The first-order valence-electron chi connectivity index (χ1n) is 8.15. The van der Waals surface area contributed by atoms with Gasteiger partial charge in [0.2, 0.25) is 11.8 Å². The molecule has 2 unspecified atom stereocenters. The Hall–Kier alpha value is -1.06. The summed E-state index contributed by atoms with van der Waals surface area (Å²) in [5, 5.41) is 2.97. The molecule has 0 aromatic carbocycles. The predicted octanol–water partition coefficient (Wildman–Crippen LogP) is 2.33. The number of unbranched alkanes of at least 4 members (excludes halogenated alkanes) is 2. The number of hydrogen-bond acceptors (Lipinski definition) is 2. The van der Waals surface area contributed by atoms with Crippen LogP contribution in [0.4, 0.5) is 0 Å². The Kier molecular flexibility index (Phi) is 5.06. The molecule has 0 aromatic heterocycles. The average molecular weight is 280 g/mol. The van der Waals surface area contributed by atoms with Crippen LogP contribution in [0.2, 0.25) is 0 Å². The Balaban J connectivity index is 2.07. The molecule has 0 radical (unpaired) electrons. The SMILES string of the molecule is CCCCCN1C(=O)C(C2CC2)NC(=O)C1CC(C)C. The van der Waals surface area contributed by atoms with Crippen LogP contribution in [0.15, 0.2) is 0 Å². The van der Waals surface area contributed by atoms with Crippen molar-refractivity contribution in [2.75, 3.05) is 6.54 Å². The summed E-state index contributed by atoms with van der Waals surface area (Å²) in [7, 11) is 0. The minimum Gasteiger partial charge on any atom is -0.342 e. The highest BCUT2D eigenvalue weighted by molar-refractivity contribution is 5.97. The molecule has 2 rings (SSSR count). The maximum absolute atomic E-state index is 12.6. The number of amides is 2. The maximum Gasteiger partial charge on any atom is 0.246 e. The third-order valence-electron chi connectivity index (χ3n) is 4.32. The lowest BCUT2D eigenvalue weighted by atomic mass is 9.96. The second kappa shape index (κ2) is 6.59. The Bertz CT molecular complexity index is 363. The van der Waals surface area contributed by atoms with E-state index in [9.17, 15) is 9.59 Å². The number of piperazine rings is 1. The van der Waals surface area contributed by atoms with Crippen molar-refractivity contribution in [3.8, 4) is 0 Å². The zero-order valence-corrected chi connectivity index (χ0v) is 13.0. The van der Waals surface area contributed by atoms with Crippen LogP contribution in [0.5, 0.6) is 0 Å². The molecule has 2 fully saturated rings. The van der Waals surface area contributed by atoms with Crippen LogP contribution >= 0.6 is 0 Å². The summed E-state index contributed by atoms with van der Waals surface area (Å²) >= 11 is 0. The zero-order chi connectivity index (χ0) is 14.7. The normalized spacial score (nSPS) is 27.1. The minimum atomic E-state index is -0.255. The van der Waals surface area contributed by atoms with Gasteiger partial charge >= 0.3 is 0 Å². The summed E-state index contributed by atoms with van der Waals surface area (Å²) in [6.45, 7) is 7.11. The summed E-state index contributed by atoms with van der Waals surface area (Å²) in [5.41, 5.74) is 0. The van der Waals surface area contributed by atoms with Gasteiger partial charge in [0.1, 0.15) is 12.1 Å². The van der Waals surface area contributed by atoms with Crippen LogP contribution in [-0.2, 0) is 9.59 Å². The fourth-order valence-corrected chi connectivity index (χ4v) is 3.01. The number of nitrogens with one attached hydrogen (secondary N) is 1. The third kappa shape index (κ3) is 3.53. The van der Waals surface area contributed by atoms with Gasteiger partial charge in [-0.25, -0.2) is 0 Å². The summed E-state index contributed by atoms with van der Waals surface area (Å²) in [5.74, 6) is 1.03. The Morgan fingerprint density at radius 1 is 1.25 bits per heavy atom. The smallest absolute Gasteiger partial charge is 0.246 e. The molecular formula is C16H28N2O2. The molecule has 2 aliphatic rings. The molecule has 114 valence electrons. The molecule has 2 atom stereocenters. The van der Waals surface area contributed by atoms with Crippen molar-refractivity contribution in [3.63, 3.8) is 0 Å². The molecule has 4 heteroatoms. The van der Waals surface area contributed by atoms with E-state index in [4.69, 9.17) is 0 Å². The van der Waals surface area contributed by atoms with Crippen LogP contribution in [-0.4, -0.2) is 35.3 Å². The lowest BCUT2D eigenvalue weighted by molar-refractivity contribution is -0.150. The maximum atomic E-state index is 12.6. The van der Waals surface area contributed by atoms with Gasteiger partial charge in [-0.2, -0.15) is 0 Å². The fourth-order valence-electron chi connectivity index (χ4n) is 3.01. The van der Waals surface area contributed by atoms with Crippen molar-refractivity contribution in [2.24, 2.45) is 11.8 Å². The summed E-state index contributed by atoms with van der Waals surface area (Å²) in [6.07, 6.45) is 6.17. The van der Waals surface area contributed by atoms with E-state index in [1.165, 1.54) is 0 Å². The van der Waals surface area contributed by atoms with E-state index in [1.54, 1.807) is 0 Å². The Labute approximate surface area is 122 Å². The van der Waals surface area contributed by atoms with Crippen molar-refractivity contribution in [3.05, 3.63) is 0 Å². The molecule has 1 heterocycles. The quantitative estimate of drug-likeness (QED) is 0.728. The molecule has 2 amide bonds. The first-order chi connectivity index (χ1) is 9.54. The van der Waals surface area contributed by atoms with E-state index in [0.29, 0.717) is 11.8 Å². The van der Waals surface area contributed by atoms with E-state index < -0.39 is 0 Å². The Morgan fingerprint density at radius 3 is 2.50 bits per heavy atom. The van der Waals surface area contributed by atoms with Crippen LogP contribution in [0.3, 0.4) is 0 Å². The summed E-state index contributed by atoms with van der Waals surface area (Å²) in [4.78, 5) is 26.9. The molecule has 0 bridgehead atoms. The molecule has 4 nitrogen and oxygen atoms in total. The number of rotatable bonds is 7. The highest BCUT2D eigenvalue weighted by Gasteiger charge is 2.46. The van der Waals surface area contributed by atoms with Crippen LogP contribution in [0.25, 0.3) is 0 Å². The highest BCUT2D eigenvalue weighted by atomic mass is 16.2. The highest BCUT2D eigenvalue weighted by Crippen LogP contribution is 2.35.